The maximum Gasteiger partial charge on any atom is 0.227 e. The number of thioether (sulfide) groups is 1. The molecule has 0 aromatic rings. The quantitative estimate of drug-likeness (QED) is 0.787. The molecule has 0 aliphatic carbocycles. The van der Waals surface area contributed by atoms with Gasteiger partial charge in [-0.3, -0.25) is 4.79 Å². The van der Waals surface area contributed by atoms with Crippen LogP contribution in [0.3, 0.4) is 0 Å². The number of hydrogen-bond donors (Lipinski definition) is 1. The molecule has 0 bridgehead atoms. The van der Waals surface area contributed by atoms with E-state index >= 15 is 0 Å². The molecule has 1 N–H and O–H groups in total. The van der Waals surface area contributed by atoms with Crippen LogP contribution in [0.4, 0.5) is 0 Å². The van der Waals surface area contributed by atoms with Gasteiger partial charge in [-0.15, -0.1) is 0 Å². The van der Waals surface area contributed by atoms with Gasteiger partial charge in [0.2, 0.25) is 5.91 Å². The van der Waals surface area contributed by atoms with Crippen molar-refractivity contribution in [3.05, 3.63) is 0 Å². The number of rotatable bonds is 4. The number of hydrogen-bond acceptors (Lipinski definition) is 3. The summed E-state index contributed by atoms with van der Waals surface area (Å²) in [7, 11) is 1.92. The third-order valence-corrected chi connectivity index (χ3v) is 4.07. The Hall–Kier alpha value is -0.220. The second-order valence-corrected chi connectivity index (χ2v) is 5.30. The molecule has 0 aromatic carbocycles. The molecule has 15 heavy (non-hydrogen) atoms. The Morgan fingerprint density at radius 1 is 1.67 bits per heavy atom. The lowest BCUT2D eigenvalue weighted by molar-refractivity contribution is -0.135. The molecule has 3 unspecified atom stereocenters. The van der Waals surface area contributed by atoms with E-state index in [4.69, 9.17) is 0 Å². The van der Waals surface area contributed by atoms with Crippen molar-refractivity contribution in [1.29, 1.82) is 0 Å². The monoisotopic (exact) mass is 230 g/mol. The fraction of sp³-hybridized carbons (Fsp3) is 0.909. The molecule has 1 amide bonds. The van der Waals surface area contributed by atoms with Crippen LogP contribution in [0.1, 0.15) is 20.3 Å². The standard InChI is InChI=1S/C11H22N2OS/c1-8(7-15-4)13(3)11(14)10-5-6-12-9(10)2/h8-10,12H,5-7H2,1-4H3. The first-order chi connectivity index (χ1) is 7.07. The van der Waals surface area contributed by atoms with E-state index in [1.54, 1.807) is 11.8 Å². The summed E-state index contributed by atoms with van der Waals surface area (Å²) in [5.41, 5.74) is 0. The third kappa shape index (κ3) is 3.11. The third-order valence-electron chi connectivity index (χ3n) is 3.26. The van der Waals surface area contributed by atoms with E-state index in [0.29, 0.717) is 18.0 Å². The summed E-state index contributed by atoms with van der Waals surface area (Å²) >= 11 is 1.79. The van der Waals surface area contributed by atoms with Crippen molar-refractivity contribution in [2.24, 2.45) is 5.92 Å². The highest BCUT2D eigenvalue weighted by molar-refractivity contribution is 7.98. The van der Waals surface area contributed by atoms with Crippen molar-refractivity contribution in [3.63, 3.8) is 0 Å². The molecule has 1 saturated heterocycles. The van der Waals surface area contributed by atoms with E-state index in [1.807, 2.05) is 11.9 Å². The van der Waals surface area contributed by atoms with Crippen LogP contribution < -0.4 is 5.32 Å². The molecule has 0 spiro atoms. The van der Waals surface area contributed by atoms with Gasteiger partial charge in [0.25, 0.3) is 0 Å². The maximum atomic E-state index is 12.1. The van der Waals surface area contributed by atoms with Crippen LogP contribution in [0.2, 0.25) is 0 Å². The minimum Gasteiger partial charge on any atom is -0.342 e. The molecule has 3 nitrogen and oxygen atoms in total. The molecule has 1 heterocycles. The highest BCUT2D eigenvalue weighted by Gasteiger charge is 2.32. The molecular weight excluding hydrogens is 208 g/mol. The summed E-state index contributed by atoms with van der Waals surface area (Å²) in [6.07, 6.45) is 3.06. The van der Waals surface area contributed by atoms with Gasteiger partial charge in [-0.05, 0) is 33.1 Å². The fourth-order valence-corrected chi connectivity index (χ4v) is 2.73. The summed E-state index contributed by atoms with van der Waals surface area (Å²) in [5, 5.41) is 3.32. The Bertz CT molecular complexity index is 223. The SMILES string of the molecule is CSCC(C)N(C)C(=O)C1CCNC1C. The molecule has 4 heteroatoms. The van der Waals surface area contributed by atoms with Gasteiger partial charge in [-0.25, -0.2) is 0 Å². The van der Waals surface area contributed by atoms with Crippen molar-refractivity contribution >= 4 is 17.7 Å². The fourth-order valence-electron chi connectivity index (χ4n) is 2.03. The molecule has 3 atom stereocenters. The van der Waals surface area contributed by atoms with Crippen molar-refractivity contribution in [1.82, 2.24) is 10.2 Å². The minimum absolute atomic E-state index is 0.180. The summed E-state index contributed by atoms with van der Waals surface area (Å²) in [6, 6.07) is 0.668. The number of carbonyl (C=O) groups is 1. The van der Waals surface area contributed by atoms with Crippen LogP contribution in [-0.2, 0) is 4.79 Å². The largest absolute Gasteiger partial charge is 0.342 e. The molecule has 0 aromatic heterocycles. The Kier molecular flexibility index (Phi) is 4.93. The van der Waals surface area contributed by atoms with Gasteiger partial charge in [0.05, 0.1) is 5.92 Å². The summed E-state index contributed by atoms with van der Waals surface area (Å²) in [4.78, 5) is 14.1. The lowest BCUT2D eigenvalue weighted by atomic mass is 10.00. The van der Waals surface area contributed by atoms with Gasteiger partial charge in [0.15, 0.2) is 0 Å². The van der Waals surface area contributed by atoms with Crippen LogP contribution >= 0.6 is 11.8 Å². The average molecular weight is 230 g/mol. The lowest BCUT2D eigenvalue weighted by Gasteiger charge is -2.28. The second kappa shape index (κ2) is 5.75. The van der Waals surface area contributed by atoms with Crippen LogP contribution in [0.15, 0.2) is 0 Å². The molecule has 1 aliphatic rings. The van der Waals surface area contributed by atoms with Gasteiger partial charge in [-0.2, -0.15) is 11.8 Å². The molecule has 1 aliphatic heterocycles. The number of amides is 1. The van der Waals surface area contributed by atoms with E-state index in [9.17, 15) is 4.79 Å². The van der Waals surface area contributed by atoms with E-state index in [1.165, 1.54) is 0 Å². The molecule has 0 radical (unpaired) electrons. The van der Waals surface area contributed by atoms with Crippen LogP contribution in [-0.4, -0.2) is 48.5 Å². The zero-order chi connectivity index (χ0) is 11.4. The van der Waals surface area contributed by atoms with Crippen molar-refractivity contribution in [2.45, 2.75) is 32.4 Å². The number of nitrogens with one attached hydrogen (secondary N) is 1. The van der Waals surface area contributed by atoms with Gasteiger partial charge in [0.1, 0.15) is 0 Å². The molecule has 88 valence electrons. The first-order valence-corrected chi connectivity index (χ1v) is 6.96. The predicted molar refractivity (Wildman–Crippen MR) is 66.2 cm³/mol. The highest BCUT2D eigenvalue weighted by atomic mass is 32.2. The normalized spacial score (nSPS) is 27.7. The maximum absolute atomic E-state index is 12.1. The topological polar surface area (TPSA) is 32.3 Å². The van der Waals surface area contributed by atoms with Gasteiger partial charge < -0.3 is 10.2 Å². The minimum atomic E-state index is 0.180. The second-order valence-electron chi connectivity index (χ2n) is 4.39. The molecule has 0 saturated carbocycles. The van der Waals surface area contributed by atoms with Crippen LogP contribution in [0.5, 0.6) is 0 Å². The summed E-state index contributed by atoms with van der Waals surface area (Å²) in [6.45, 7) is 5.19. The Morgan fingerprint density at radius 3 is 2.80 bits per heavy atom. The number of carbonyl (C=O) groups excluding carboxylic acids is 1. The zero-order valence-electron chi connectivity index (χ0n) is 10.1. The first-order valence-electron chi connectivity index (χ1n) is 5.57. The predicted octanol–water partition coefficient (Wildman–Crippen LogP) is 1.19. The molecular formula is C11H22N2OS. The summed E-state index contributed by atoms with van der Waals surface area (Å²) < 4.78 is 0. The van der Waals surface area contributed by atoms with E-state index in [2.05, 4.69) is 25.4 Å². The zero-order valence-corrected chi connectivity index (χ0v) is 10.9. The van der Waals surface area contributed by atoms with Crippen molar-refractivity contribution in [2.75, 3.05) is 25.6 Å². The van der Waals surface area contributed by atoms with Crippen molar-refractivity contribution < 1.29 is 4.79 Å². The van der Waals surface area contributed by atoms with Gasteiger partial charge in [0, 0.05) is 24.9 Å². The van der Waals surface area contributed by atoms with Crippen LogP contribution in [0, 0.1) is 5.92 Å². The number of nitrogens with zero attached hydrogens (tertiary/aromatic N) is 1. The van der Waals surface area contributed by atoms with E-state index in [-0.39, 0.29) is 5.92 Å². The highest BCUT2D eigenvalue weighted by Crippen LogP contribution is 2.19. The van der Waals surface area contributed by atoms with Gasteiger partial charge in [-0.1, -0.05) is 0 Å². The van der Waals surface area contributed by atoms with Crippen molar-refractivity contribution in [3.8, 4) is 0 Å². The Balaban J connectivity index is 2.51. The van der Waals surface area contributed by atoms with Gasteiger partial charge >= 0.3 is 0 Å². The molecule has 1 rings (SSSR count). The summed E-state index contributed by atoms with van der Waals surface area (Å²) in [5.74, 6) is 1.49. The Morgan fingerprint density at radius 2 is 2.33 bits per heavy atom. The first kappa shape index (κ1) is 12.8. The van der Waals surface area contributed by atoms with E-state index in [0.717, 1.165) is 18.7 Å². The molecule has 1 fully saturated rings. The van der Waals surface area contributed by atoms with Crippen LogP contribution in [0.25, 0.3) is 0 Å². The lowest BCUT2D eigenvalue weighted by Crippen LogP contribution is -2.43. The van der Waals surface area contributed by atoms with E-state index < -0.39 is 0 Å². The smallest absolute Gasteiger partial charge is 0.227 e. The average Bonchev–Trinajstić information content (AvgIpc) is 2.62. The Labute approximate surface area is 97.0 Å².